The maximum Gasteiger partial charge on any atom is 0.228 e. The third-order valence-electron chi connectivity index (χ3n) is 4.46. The molecule has 0 saturated carbocycles. The lowest BCUT2D eigenvalue weighted by molar-refractivity contribution is -0.131. The van der Waals surface area contributed by atoms with Gasteiger partial charge in [-0.2, -0.15) is 0 Å². The number of aromatic nitrogens is 2. The Labute approximate surface area is 168 Å². The van der Waals surface area contributed by atoms with Gasteiger partial charge in [0.2, 0.25) is 5.91 Å². The SMILES string of the molecule is COCCN(CCOC)C(=O)Cc1csc2nc(-c3cccc(OC)c3)cn12. The van der Waals surface area contributed by atoms with Crippen molar-refractivity contribution < 1.29 is 19.0 Å². The van der Waals surface area contributed by atoms with Gasteiger partial charge in [-0.25, -0.2) is 4.98 Å². The van der Waals surface area contributed by atoms with Crippen LogP contribution in [0.2, 0.25) is 0 Å². The number of amides is 1. The van der Waals surface area contributed by atoms with Crippen molar-refractivity contribution >= 4 is 22.2 Å². The molecule has 0 fully saturated rings. The molecule has 3 rings (SSSR count). The van der Waals surface area contributed by atoms with Gasteiger partial charge in [0.25, 0.3) is 0 Å². The van der Waals surface area contributed by atoms with Crippen LogP contribution in [-0.4, -0.2) is 67.8 Å². The molecule has 2 heterocycles. The molecule has 0 radical (unpaired) electrons. The maximum absolute atomic E-state index is 12.8. The molecule has 8 heteroatoms. The van der Waals surface area contributed by atoms with Gasteiger partial charge in [0.05, 0.1) is 32.4 Å². The molecular formula is C20H25N3O4S. The molecule has 0 atom stereocenters. The maximum atomic E-state index is 12.8. The van der Waals surface area contributed by atoms with Crippen LogP contribution in [-0.2, 0) is 20.7 Å². The Morgan fingerprint density at radius 3 is 2.61 bits per heavy atom. The summed E-state index contributed by atoms with van der Waals surface area (Å²) in [4.78, 5) is 20.1. The third kappa shape index (κ3) is 4.70. The van der Waals surface area contributed by atoms with E-state index in [-0.39, 0.29) is 5.91 Å². The lowest BCUT2D eigenvalue weighted by Crippen LogP contribution is -2.37. The fraction of sp³-hybridized carbons (Fsp3) is 0.400. The monoisotopic (exact) mass is 403 g/mol. The van der Waals surface area contributed by atoms with Crippen molar-refractivity contribution in [2.75, 3.05) is 47.6 Å². The van der Waals surface area contributed by atoms with Crippen molar-refractivity contribution in [3.05, 3.63) is 41.5 Å². The number of ether oxygens (including phenoxy) is 3. The molecule has 0 saturated heterocycles. The molecule has 0 N–H and O–H groups in total. The second-order valence-corrected chi connectivity index (χ2v) is 7.12. The van der Waals surface area contributed by atoms with Crippen molar-refractivity contribution in [2.24, 2.45) is 0 Å². The first-order chi connectivity index (χ1) is 13.7. The van der Waals surface area contributed by atoms with Crippen LogP contribution in [0.1, 0.15) is 5.69 Å². The van der Waals surface area contributed by atoms with Crippen molar-refractivity contribution in [3.63, 3.8) is 0 Å². The predicted octanol–water partition coefficient (Wildman–Crippen LogP) is 2.74. The minimum Gasteiger partial charge on any atom is -0.497 e. The number of thiazole rings is 1. The summed E-state index contributed by atoms with van der Waals surface area (Å²) in [5.74, 6) is 0.835. The van der Waals surface area contributed by atoms with Gasteiger partial charge in [0.15, 0.2) is 4.96 Å². The second kappa shape index (κ2) is 9.68. The highest BCUT2D eigenvalue weighted by Gasteiger charge is 2.17. The van der Waals surface area contributed by atoms with E-state index in [1.54, 1.807) is 26.2 Å². The predicted molar refractivity (Wildman–Crippen MR) is 109 cm³/mol. The van der Waals surface area contributed by atoms with Gasteiger partial charge in [-0.15, -0.1) is 11.3 Å². The molecule has 0 bridgehead atoms. The highest BCUT2D eigenvalue weighted by atomic mass is 32.1. The van der Waals surface area contributed by atoms with Crippen molar-refractivity contribution in [1.82, 2.24) is 14.3 Å². The highest BCUT2D eigenvalue weighted by molar-refractivity contribution is 7.15. The van der Waals surface area contributed by atoms with Crippen molar-refractivity contribution in [1.29, 1.82) is 0 Å². The minimum absolute atomic E-state index is 0.0467. The molecule has 150 valence electrons. The number of methoxy groups -OCH3 is 3. The van der Waals surface area contributed by atoms with Gasteiger partial charge in [0.1, 0.15) is 5.75 Å². The number of hydrogen-bond acceptors (Lipinski definition) is 6. The topological polar surface area (TPSA) is 65.3 Å². The van der Waals surface area contributed by atoms with E-state index in [0.29, 0.717) is 32.7 Å². The molecular weight excluding hydrogens is 378 g/mol. The molecule has 0 aliphatic carbocycles. The Bertz CT molecular complexity index is 913. The van der Waals surface area contributed by atoms with Gasteiger partial charge >= 0.3 is 0 Å². The van der Waals surface area contributed by atoms with E-state index in [2.05, 4.69) is 0 Å². The number of hydrogen-bond donors (Lipinski definition) is 0. The minimum atomic E-state index is 0.0467. The lowest BCUT2D eigenvalue weighted by Gasteiger charge is -2.21. The van der Waals surface area contributed by atoms with Gasteiger partial charge in [-0.1, -0.05) is 12.1 Å². The van der Waals surface area contributed by atoms with Gasteiger partial charge in [-0.3, -0.25) is 9.20 Å². The summed E-state index contributed by atoms with van der Waals surface area (Å²) in [6, 6.07) is 7.79. The normalized spacial score (nSPS) is 11.1. The van der Waals surface area contributed by atoms with Crippen LogP contribution in [0.15, 0.2) is 35.8 Å². The molecule has 0 aliphatic heterocycles. The zero-order valence-corrected chi connectivity index (χ0v) is 17.2. The Morgan fingerprint density at radius 1 is 1.18 bits per heavy atom. The summed E-state index contributed by atoms with van der Waals surface area (Å²) in [7, 11) is 4.91. The van der Waals surface area contributed by atoms with Crippen LogP contribution in [0.5, 0.6) is 5.75 Å². The lowest BCUT2D eigenvalue weighted by atomic mass is 10.1. The van der Waals surface area contributed by atoms with Crippen molar-refractivity contribution in [2.45, 2.75) is 6.42 Å². The molecule has 7 nitrogen and oxygen atoms in total. The van der Waals surface area contributed by atoms with E-state index in [4.69, 9.17) is 19.2 Å². The van der Waals surface area contributed by atoms with Crippen LogP contribution < -0.4 is 4.74 Å². The molecule has 2 aromatic heterocycles. The highest BCUT2D eigenvalue weighted by Crippen LogP contribution is 2.26. The molecule has 1 amide bonds. The number of benzene rings is 1. The Hall–Kier alpha value is -2.42. The van der Waals surface area contributed by atoms with E-state index in [1.807, 2.05) is 40.2 Å². The first-order valence-corrected chi connectivity index (χ1v) is 9.89. The molecule has 0 unspecified atom stereocenters. The number of nitrogens with zero attached hydrogens (tertiary/aromatic N) is 3. The molecule has 0 spiro atoms. The van der Waals surface area contributed by atoms with E-state index in [9.17, 15) is 4.79 Å². The zero-order chi connectivity index (χ0) is 19.9. The first kappa shape index (κ1) is 20.3. The first-order valence-electron chi connectivity index (χ1n) is 9.01. The van der Waals surface area contributed by atoms with Gasteiger partial charge < -0.3 is 19.1 Å². The van der Waals surface area contributed by atoms with E-state index in [0.717, 1.165) is 27.7 Å². The number of carbonyl (C=O) groups excluding carboxylic acids is 1. The summed E-state index contributed by atoms with van der Waals surface area (Å²) in [6.07, 6.45) is 2.28. The van der Waals surface area contributed by atoms with Gasteiger partial charge in [-0.05, 0) is 12.1 Å². The van der Waals surface area contributed by atoms with E-state index >= 15 is 0 Å². The fourth-order valence-corrected chi connectivity index (χ4v) is 3.78. The van der Waals surface area contributed by atoms with Crippen LogP contribution in [0.3, 0.4) is 0 Å². The number of carbonyl (C=O) groups is 1. The standard InChI is InChI=1S/C20H25N3O4S/c1-25-9-7-22(8-10-26-2)19(24)12-16-14-28-20-21-18(13-23(16)20)15-5-4-6-17(11-15)27-3/h4-6,11,13-14H,7-10,12H2,1-3H3. The van der Waals surface area contributed by atoms with Crippen LogP contribution in [0.4, 0.5) is 0 Å². The molecule has 1 aromatic carbocycles. The Balaban J connectivity index is 1.79. The molecule has 3 aromatic rings. The summed E-state index contributed by atoms with van der Waals surface area (Å²) < 4.78 is 17.5. The second-order valence-electron chi connectivity index (χ2n) is 6.28. The molecule has 0 aliphatic rings. The van der Waals surface area contributed by atoms with E-state index < -0.39 is 0 Å². The zero-order valence-electron chi connectivity index (χ0n) is 16.4. The summed E-state index contributed by atoms with van der Waals surface area (Å²) >= 11 is 1.53. The number of fused-ring (bicyclic) bond motifs is 1. The van der Waals surface area contributed by atoms with Crippen molar-refractivity contribution in [3.8, 4) is 17.0 Å². The quantitative estimate of drug-likeness (QED) is 0.521. The fourth-order valence-electron chi connectivity index (χ4n) is 2.91. The van der Waals surface area contributed by atoms with E-state index in [1.165, 1.54) is 11.3 Å². The van der Waals surface area contributed by atoms with Gasteiger partial charge in [0, 0.05) is 50.1 Å². The Kier molecular flexibility index (Phi) is 7.02. The number of imidazole rings is 1. The van der Waals surface area contributed by atoms with Crippen LogP contribution in [0.25, 0.3) is 16.2 Å². The van der Waals surface area contributed by atoms with Crippen LogP contribution >= 0.6 is 11.3 Å². The summed E-state index contributed by atoms with van der Waals surface area (Å²) in [5, 5.41) is 1.99. The average Bonchev–Trinajstić information content (AvgIpc) is 3.30. The largest absolute Gasteiger partial charge is 0.497 e. The number of rotatable bonds is 10. The smallest absolute Gasteiger partial charge is 0.228 e. The van der Waals surface area contributed by atoms with Crippen LogP contribution in [0, 0.1) is 0 Å². The average molecular weight is 404 g/mol. The summed E-state index contributed by atoms with van der Waals surface area (Å²) in [6.45, 7) is 2.09. The summed E-state index contributed by atoms with van der Waals surface area (Å²) in [5.41, 5.74) is 2.76. The molecule has 28 heavy (non-hydrogen) atoms. The third-order valence-corrected chi connectivity index (χ3v) is 5.35. The Morgan fingerprint density at radius 2 is 1.93 bits per heavy atom.